The Kier molecular flexibility index (Phi) is 5.31. The second-order valence-electron chi connectivity index (χ2n) is 3.88. The molecule has 0 aromatic carbocycles. The average Bonchev–Trinajstić information content (AvgIpc) is 2.20. The first-order valence-electron chi connectivity index (χ1n) is 5.51. The molecule has 0 spiro atoms. The third-order valence-corrected chi connectivity index (χ3v) is 2.56. The lowest BCUT2D eigenvalue weighted by molar-refractivity contribution is 0.436. The summed E-state index contributed by atoms with van der Waals surface area (Å²) in [6.45, 7) is 6.53. The first-order valence-corrected chi connectivity index (χ1v) is 5.51. The van der Waals surface area contributed by atoms with Crippen LogP contribution < -0.4 is 5.32 Å². The Bertz CT molecular complexity index is 230. The molecule has 78 valence electrons. The SMILES string of the molecule is C/C=C/C(C)=C\C=C\C1CCNCC1. The highest BCUT2D eigenvalue weighted by molar-refractivity contribution is 5.21. The van der Waals surface area contributed by atoms with E-state index in [1.165, 1.54) is 31.5 Å². The van der Waals surface area contributed by atoms with Gasteiger partial charge in [0, 0.05) is 0 Å². The number of hydrogen-bond donors (Lipinski definition) is 1. The largest absolute Gasteiger partial charge is 0.317 e. The maximum absolute atomic E-state index is 3.37. The number of allylic oxidation sites excluding steroid dienone is 6. The first-order chi connectivity index (χ1) is 6.83. The highest BCUT2D eigenvalue weighted by Gasteiger charge is 2.08. The van der Waals surface area contributed by atoms with Crippen LogP contribution in [0.4, 0.5) is 0 Å². The number of piperidine rings is 1. The van der Waals surface area contributed by atoms with Gasteiger partial charge in [0.05, 0.1) is 0 Å². The van der Waals surface area contributed by atoms with Crippen LogP contribution in [0.25, 0.3) is 0 Å². The zero-order valence-electron chi connectivity index (χ0n) is 9.29. The monoisotopic (exact) mass is 191 g/mol. The fourth-order valence-electron chi connectivity index (χ4n) is 1.72. The van der Waals surface area contributed by atoms with Crippen LogP contribution in [-0.4, -0.2) is 13.1 Å². The molecule has 1 nitrogen and oxygen atoms in total. The third-order valence-electron chi connectivity index (χ3n) is 2.56. The molecule has 0 aromatic rings. The highest BCUT2D eigenvalue weighted by Crippen LogP contribution is 2.12. The summed E-state index contributed by atoms with van der Waals surface area (Å²) in [5.74, 6) is 0.783. The minimum absolute atomic E-state index is 0.783. The van der Waals surface area contributed by atoms with Gasteiger partial charge in [0.15, 0.2) is 0 Å². The van der Waals surface area contributed by atoms with Gasteiger partial charge in [-0.1, -0.05) is 36.0 Å². The van der Waals surface area contributed by atoms with Crippen molar-refractivity contribution in [2.45, 2.75) is 26.7 Å². The molecule has 0 aliphatic carbocycles. The molecule has 1 fully saturated rings. The Morgan fingerprint density at radius 3 is 2.64 bits per heavy atom. The average molecular weight is 191 g/mol. The van der Waals surface area contributed by atoms with Gasteiger partial charge in [-0.2, -0.15) is 0 Å². The van der Waals surface area contributed by atoms with E-state index in [0.29, 0.717) is 0 Å². The Morgan fingerprint density at radius 1 is 1.29 bits per heavy atom. The van der Waals surface area contributed by atoms with Gasteiger partial charge in [0.25, 0.3) is 0 Å². The van der Waals surface area contributed by atoms with Gasteiger partial charge in [0.1, 0.15) is 0 Å². The summed E-state index contributed by atoms with van der Waals surface area (Å²) in [5.41, 5.74) is 1.32. The molecule has 1 heteroatoms. The Balaban J connectivity index is 2.34. The Morgan fingerprint density at radius 2 is 2.00 bits per heavy atom. The van der Waals surface area contributed by atoms with Crippen molar-refractivity contribution in [3.8, 4) is 0 Å². The van der Waals surface area contributed by atoms with Gasteiger partial charge >= 0.3 is 0 Å². The van der Waals surface area contributed by atoms with Crippen LogP contribution in [0.5, 0.6) is 0 Å². The van der Waals surface area contributed by atoms with Crippen molar-refractivity contribution < 1.29 is 0 Å². The van der Waals surface area contributed by atoms with Gasteiger partial charge in [-0.25, -0.2) is 0 Å². The van der Waals surface area contributed by atoms with Crippen molar-refractivity contribution >= 4 is 0 Å². The number of nitrogens with one attached hydrogen (secondary N) is 1. The van der Waals surface area contributed by atoms with Crippen molar-refractivity contribution in [2.75, 3.05) is 13.1 Å². The standard InChI is InChI=1S/C13H21N/c1-3-5-12(2)6-4-7-13-8-10-14-11-9-13/h3-7,13-14H,8-11H2,1-2H3/b5-3+,7-4+,12-6-. The normalized spacial score (nSPS) is 21.1. The fourth-order valence-corrected chi connectivity index (χ4v) is 1.72. The summed E-state index contributed by atoms with van der Waals surface area (Å²) < 4.78 is 0. The molecule has 1 rings (SSSR count). The summed E-state index contributed by atoms with van der Waals surface area (Å²) >= 11 is 0. The molecular weight excluding hydrogens is 170 g/mol. The van der Waals surface area contributed by atoms with Crippen molar-refractivity contribution in [1.82, 2.24) is 5.32 Å². The molecule has 0 bridgehead atoms. The van der Waals surface area contributed by atoms with Crippen LogP contribution in [-0.2, 0) is 0 Å². The topological polar surface area (TPSA) is 12.0 Å². The molecule has 1 aliphatic rings. The quantitative estimate of drug-likeness (QED) is 0.676. The highest BCUT2D eigenvalue weighted by atomic mass is 14.9. The van der Waals surface area contributed by atoms with E-state index in [0.717, 1.165) is 5.92 Å². The van der Waals surface area contributed by atoms with Crippen LogP contribution in [0.3, 0.4) is 0 Å². The molecule has 0 amide bonds. The van der Waals surface area contributed by atoms with Gasteiger partial charge < -0.3 is 5.32 Å². The molecule has 0 aromatic heterocycles. The minimum atomic E-state index is 0.783. The van der Waals surface area contributed by atoms with E-state index in [1.54, 1.807) is 0 Å². The predicted molar refractivity (Wildman–Crippen MR) is 63.3 cm³/mol. The summed E-state index contributed by atoms with van der Waals surface area (Å²) in [7, 11) is 0. The van der Waals surface area contributed by atoms with Crippen molar-refractivity contribution in [2.24, 2.45) is 5.92 Å². The number of hydrogen-bond acceptors (Lipinski definition) is 1. The molecule has 1 aliphatic heterocycles. The third kappa shape index (κ3) is 4.43. The second-order valence-corrected chi connectivity index (χ2v) is 3.88. The van der Waals surface area contributed by atoms with Gasteiger partial charge in [-0.3, -0.25) is 0 Å². The van der Waals surface area contributed by atoms with E-state index < -0.39 is 0 Å². The molecule has 0 atom stereocenters. The molecule has 1 saturated heterocycles. The smallest absolute Gasteiger partial charge is 0.00433 e. The second kappa shape index (κ2) is 6.61. The van der Waals surface area contributed by atoms with E-state index >= 15 is 0 Å². The molecule has 14 heavy (non-hydrogen) atoms. The summed E-state index contributed by atoms with van der Waals surface area (Å²) in [4.78, 5) is 0. The zero-order valence-corrected chi connectivity index (χ0v) is 9.29. The molecular formula is C13H21N. The molecule has 1 N–H and O–H groups in total. The van der Waals surface area contributed by atoms with Gasteiger partial charge in [0.2, 0.25) is 0 Å². The van der Waals surface area contributed by atoms with Crippen molar-refractivity contribution in [3.05, 3.63) is 36.0 Å². The maximum atomic E-state index is 3.37. The molecule has 0 unspecified atom stereocenters. The van der Waals surface area contributed by atoms with Gasteiger partial charge in [-0.05, 0) is 45.7 Å². The first kappa shape index (κ1) is 11.3. The minimum Gasteiger partial charge on any atom is -0.317 e. The van der Waals surface area contributed by atoms with E-state index in [9.17, 15) is 0 Å². The number of rotatable bonds is 3. The van der Waals surface area contributed by atoms with Crippen LogP contribution in [0.1, 0.15) is 26.7 Å². The van der Waals surface area contributed by atoms with E-state index in [-0.39, 0.29) is 0 Å². The lowest BCUT2D eigenvalue weighted by Gasteiger charge is -2.18. The summed E-state index contributed by atoms with van der Waals surface area (Å²) in [6.07, 6.45) is 13.5. The maximum Gasteiger partial charge on any atom is -0.00433 e. The van der Waals surface area contributed by atoms with Crippen molar-refractivity contribution in [3.63, 3.8) is 0 Å². The van der Waals surface area contributed by atoms with Crippen LogP contribution >= 0.6 is 0 Å². The van der Waals surface area contributed by atoms with E-state index in [2.05, 4.69) is 42.6 Å². The van der Waals surface area contributed by atoms with E-state index in [4.69, 9.17) is 0 Å². The molecule has 0 radical (unpaired) electrons. The lowest BCUT2D eigenvalue weighted by atomic mass is 9.97. The van der Waals surface area contributed by atoms with Crippen LogP contribution in [0, 0.1) is 5.92 Å². The van der Waals surface area contributed by atoms with Crippen LogP contribution in [0.2, 0.25) is 0 Å². The predicted octanol–water partition coefficient (Wildman–Crippen LogP) is 3.06. The van der Waals surface area contributed by atoms with Crippen LogP contribution in [0.15, 0.2) is 36.0 Å². The summed E-state index contributed by atoms with van der Waals surface area (Å²) in [6, 6.07) is 0. The molecule has 0 saturated carbocycles. The molecule has 1 heterocycles. The van der Waals surface area contributed by atoms with Crippen molar-refractivity contribution in [1.29, 1.82) is 0 Å². The van der Waals surface area contributed by atoms with Gasteiger partial charge in [-0.15, -0.1) is 0 Å². The Labute approximate surface area is 87.6 Å². The zero-order chi connectivity index (χ0) is 10.2. The Hall–Kier alpha value is -0.820. The lowest BCUT2D eigenvalue weighted by Crippen LogP contribution is -2.26. The van der Waals surface area contributed by atoms with E-state index in [1.807, 2.05) is 6.92 Å². The summed E-state index contributed by atoms with van der Waals surface area (Å²) in [5, 5.41) is 3.37. The fraction of sp³-hybridized carbons (Fsp3) is 0.538.